The van der Waals surface area contributed by atoms with Gasteiger partial charge in [0.2, 0.25) is 11.8 Å². The molecule has 3 heterocycles. The molecule has 10 nitrogen and oxygen atoms in total. The van der Waals surface area contributed by atoms with Crippen molar-refractivity contribution in [3.05, 3.63) is 156 Å². The van der Waals surface area contributed by atoms with Gasteiger partial charge >= 0.3 is 0 Å². The Hall–Kier alpha value is -6.62. The molecule has 3 fully saturated rings. The van der Waals surface area contributed by atoms with Gasteiger partial charge in [0.1, 0.15) is 23.7 Å². The Balaban J connectivity index is 0.764. The number of hydrogen-bond acceptors (Lipinski definition) is 6. The third-order valence-electron chi connectivity index (χ3n) is 16.4. The van der Waals surface area contributed by atoms with Crippen LogP contribution >= 0.6 is 0 Å². The molecule has 11 rings (SSSR count). The van der Waals surface area contributed by atoms with Crippen molar-refractivity contribution < 1.29 is 9.59 Å². The van der Waals surface area contributed by atoms with Gasteiger partial charge in [-0.25, -0.2) is 9.97 Å². The van der Waals surface area contributed by atoms with Crippen LogP contribution in [0.2, 0.25) is 0 Å². The molecule has 0 radical (unpaired) electrons. The summed E-state index contributed by atoms with van der Waals surface area (Å²) < 4.78 is 0. The van der Waals surface area contributed by atoms with Crippen LogP contribution in [-0.2, 0) is 16.0 Å². The summed E-state index contributed by atoms with van der Waals surface area (Å²) in [6.07, 6.45) is 4.73. The van der Waals surface area contributed by atoms with E-state index >= 15 is 0 Å². The second kappa shape index (κ2) is 18.3. The van der Waals surface area contributed by atoms with Crippen molar-refractivity contribution >= 4 is 44.7 Å². The number of likely N-dealkylation sites (tertiary alicyclic amines) is 1. The molecule has 358 valence electrons. The first-order valence-corrected chi connectivity index (χ1v) is 25.7. The lowest BCUT2D eigenvalue weighted by atomic mass is 9.97. The SMILES string of the molecule is CCN(CC)[C@@H](C(=O)NC1(C)C[C@@H]1CCc1nc2ccc(-c3ccc4cc(-c5ccc6nc([C@@H]7CC8(C)C[C@H]8N7C(=O)[C@@H](c7ccccc7)N(CC)CC)[nH]c6c5)ccc4c3)cc2[nH]1)c1ccccc1. The number of H-pyrrole nitrogens is 2. The molecular formula is C60H66N8O2. The molecule has 2 aromatic heterocycles. The molecule has 2 saturated carbocycles. The average Bonchev–Trinajstić information content (AvgIpc) is 3.95. The molecule has 7 atom stereocenters. The highest BCUT2D eigenvalue weighted by Crippen LogP contribution is 2.63. The van der Waals surface area contributed by atoms with E-state index in [9.17, 15) is 9.59 Å². The van der Waals surface area contributed by atoms with Crippen molar-refractivity contribution in [2.75, 3.05) is 26.2 Å². The van der Waals surface area contributed by atoms with Gasteiger partial charge in [-0.3, -0.25) is 19.4 Å². The number of carbonyl (C=O) groups is 2. The Morgan fingerprint density at radius 2 is 1.17 bits per heavy atom. The standard InChI is InChI=1S/C60H66N8O2/c1-7-66(8-2)54(38-17-13-11-14-18-38)57(69)65-60(6)35-46(60)27-30-53-61-47-28-25-44(33-49(47)62-53)42-23-21-41-32-43(24-22-40(41)31-42)45-26-29-48-50(34-45)64-56(63-48)51-36-59(5)37-52(59)68(51)58(70)55(67(9-3)10-4)39-19-15-12-16-20-39/h11-26,28-29,31-34,46,51-52,54-55H,7-10,27,30,35-37H2,1-6H3,(H,61,62)(H,63,64)(H,65,69)/t46-,51-,52+,54+,55+,59?,60?/m0/s1. The zero-order chi connectivity index (χ0) is 48.3. The molecular weight excluding hydrogens is 865 g/mol. The summed E-state index contributed by atoms with van der Waals surface area (Å²) in [7, 11) is 0. The molecule has 8 aromatic rings. The fourth-order valence-electron chi connectivity index (χ4n) is 12.0. The number of aromatic nitrogens is 4. The van der Waals surface area contributed by atoms with E-state index in [1.54, 1.807) is 0 Å². The molecule has 10 heteroatoms. The van der Waals surface area contributed by atoms with E-state index in [-0.39, 0.29) is 46.9 Å². The van der Waals surface area contributed by atoms with E-state index in [0.29, 0.717) is 5.92 Å². The van der Waals surface area contributed by atoms with Crippen LogP contribution in [0.3, 0.4) is 0 Å². The summed E-state index contributed by atoms with van der Waals surface area (Å²) in [5.41, 5.74) is 10.5. The maximum absolute atomic E-state index is 14.8. The lowest BCUT2D eigenvalue weighted by Crippen LogP contribution is -2.45. The summed E-state index contributed by atoms with van der Waals surface area (Å²) in [4.78, 5) is 52.7. The summed E-state index contributed by atoms with van der Waals surface area (Å²) >= 11 is 0. The zero-order valence-electron chi connectivity index (χ0n) is 41.5. The van der Waals surface area contributed by atoms with Gasteiger partial charge in [-0.05, 0) is 151 Å². The van der Waals surface area contributed by atoms with E-state index in [1.807, 2.05) is 36.4 Å². The smallest absolute Gasteiger partial charge is 0.245 e. The molecule has 2 aliphatic carbocycles. The molecule has 0 spiro atoms. The fraction of sp³-hybridized carbons (Fsp3) is 0.367. The monoisotopic (exact) mass is 931 g/mol. The Morgan fingerprint density at radius 3 is 1.77 bits per heavy atom. The maximum atomic E-state index is 14.8. The molecule has 6 aromatic carbocycles. The minimum atomic E-state index is -0.322. The maximum Gasteiger partial charge on any atom is 0.245 e. The van der Waals surface area contributed by atoms with E-state index < -0.39 is 0 Å². The van der Waals surface area contributed by atoms with E-state index in [0.717, 1.165) is 125 Å². The molecule has 1 saturated heterocycles. The first-order chi connectivity index (χ1) is 34.0. The van der Waals surface area contributed by atoms with Crippen LogP contribution in [0.5, 0.6) is 0 Å². The Bertz CT molecular complexity index is 3210. The number of aromatic amines is 2. The van der Waals surface area contributed by atoms with Crippen LogP contribution in [0.1, 0.15) is 108 Å². The van der Waals surface area contributed by atoms with Crippen molar-refractivity contribution in [2.24, 2.45) is 11.3 Å². The average molecular weight is 931 g/mol. The number of nitrogens with zero attached hydrogens (tertiary/aromatic N) is 5. The number of hydrogen-bond donors (Lipinski definition) is 3. The van der Waals surface area contributed by atoms with Crippen LogP contribution in [0.25, 0.3) is 55.1 Å². The zero-order valence-corrected chi connectivity index (χ0v) is 41.5. The second-order valence-electron chi connectivity index (χ2n) is 20.8. The summed E-state index contributed by atoms with van der Waals surface area (Å²) in [5, 5.41) is 5.81. The van der Waals surface area contributed by atoms with Gasteiger partial charge in [-0.2, -0.15) is 0 Å². The second-order valence-corrected chi connectivity index (χ2v) is 20.8. The van der Waals surface area contributed by atoms with Crippen LogP contribution in [0.15, 0.2) is 133 Å². The summed E-state index contributed by atoms with van der Waals surface area (Å²) in [6.45, 7) is 16.3. The number of piperidine rings is 1. The van der Waals surface area contributed by atoms with E-state index in [2.05, 4.69) is 169 Å². The minimum Gasteiger partial charge on any atom is -0.349 e. The van der Waals surface area contributed by atoms with Crippen molar-refractivity contribution in [3.8, 4) is 22.3 Å². The number of aryl methyl sites for hydroxylation is 1. The highest BCUT2D eigenvalue weighted by molar-refractivity contribution is 5.93. The third-order valence-corrected chi connectivity index (χ3v) is 16.4. The van der Waals surface area contributed by atoms with Crippen molar-refractivity contribution in [1.82, 2.24) is 40.0 Å². The normalized spacial score (nSPS) is 22.5. The molecule has 70 heavy (non-hydrogen) atoms. The fourth-order valence-corrected chi connectivity index (χ4v) is 12.0. The molecule has 2 unspecified atom stereocenters. The number of fused-ring (bicyclic) bond motifs is 4. The first kappa shape index (κ1) is 45.8. The lowest BCUT2D eigenvalue weighted by Gasteiger charge is -2.35. The first-order valence-electron chi connectivity index (χ1n) is 25.7. The minimum absolute atomic E-state index is 0.0866. The number of likely N-dealkylation sites (N-methyl/N-ethyl adjacent to an activating group) is 2. The van der Waals surface area contributed by atoms with Crippen LogP contribution in [0, 0.1) is 11.3 Å². The topological polar surface area (TPSA) is 113 Å². The number of nitrogens with one attached hydrogen (secondary N) is 3. The number of imidazole rings is 2. The molecule has 0 bridgehead atoms. The highest BCUT2D eigenvalue weighted by atomic mass is 16.2. The molecule has 2 amide bonds. The van der Waals surface area contributed by atoms with Gasteiger partial charge in [-0.15, -0.1) is 0 Å². The third kappa shape index (κ3) is 8.49. The molecule has 3 N–H and O–H groups in total. The Kier molecular flexibility index (Phi) is 12.0. The molecule has 3 aliphatic rings. The van der Waals surface area contributed by atoms with Crippen LogP contribution < -0.4 is 5.32 Å². The van der Waals surface area contributed by atoms with Crippen molar-refractivity contribution in [2.45, 2.75) is 103 Å². The predicted molar refractivity (Wildman–Crippen MR) is 282 cm³/mol. The Morgan fingerprint density at radius 1 is 0.643 bits per heavy atom. The summed E-state index contributed by atoms with van der Waals surface area (Å²) in [6, 6.07) is 46.3. The Labute approximate surface area is 411 Å². The lowest BCUT2D eigenvalue weighted by molar-refractivity contribution is -0.139. The predicted octanol–water partition coefficient (Wildman–Crippen LogP) is 12.0. The van der Waals surface area contributed by atoms with Gasteiger partial charge in [0.25, 0.3) is 0 Å². The van der Waals surface area contributed by atoms with Crippen LogP contribution in [-0.4, -0.2) is 84.2 Å². The van der Waals surface area contributed by atoms with E-state index in [1.165, 1.54) is 10.8 Å². The largest absolute Gasteiger partial charge is 0.349 e. The van der Waals surface area contributed by atoms with Gasteiger partial charge in [0.15, 0.2) is 0 Å². The van der Waals surface area contributed by atoms with Gasteiger partial charge in [0, 0.05) is 18.0 Å². The number of carbonyl (C=O) groups excluding carboxylic acids is 2. The van der Waals surface area contributed by atoms with Gasteiger partial charge < -0.3 is 20.2 Å². The highest BCUT2D eigenvalue weighted by Gasteiger charge is 2.64. The van der Waals surface area contributed by atoms with E-state index in [4.69, 9.17) is 9.97 Å². The number of benzene rings is 6. The molecule has 1 aliphatic heterocycles. The summed E-state index contributed by atoms with van der Waals surface area (Å²) in [5.74, 6) is 2.54. The number of amides is 2. The van der Waals surface area contributed by atoms with Crippen molar-refractivity contribution in [3.63, 3.8) is 0 Å². The van der Waals surface area contributed by atoms with Gasteiger partial charge in [0.05, 0.1) is 28.1 Å². The van der Waals surface area contributed by atoms with Gasteiger partial charge in [-0.1, -0.05) is 132 Å². The number of rotatable bonds is 17. The quantitative estimate of drug-likeness (QED) is 0.0838. The van der Waals surface area contributed by atoms with Crippen LogP contribution in [0.4, 0.5) is 0 Å². The van der Waals surface area contributed by atoms with Crippen molar-refractivity contribution in [1.29, 1.82) is 0 Å².